The van der Waals surface area contributed by atoms with E-state index in [2.05, 4.69) is 4.74 Å². The number of Topliss-reactive ketones (excluding diaryl/α,β-unsaturated/α-hetero) is 2. The molecule has 0 amide bonds. The number of rotatable bonds is 5. The van der Waals surface area contributed by atoms with Crippen LogP contribution in [0.5, 0.6) is 0 Å². The van der Waals surface area contributed by atoms with Gasteiger partial charge in [0.05, 0.1) is 6.61 Å². The van der Waals surface area contributed by atoms with E-state index >= 15 is 0 Å². The molecule has 0 aliphatic heterocycles. The average molecular weight is 202 g/mol. The fraction of sp³-hybridized carbons (Fsp3) is 0.500. The molecule has 0 aromatic heterocycles. The first-order valence-electron chi connectivity index (χ1n) is 3.86. The van der Waals surface area contributed by atoms with Gasteiger partial charge in [0.15, 0.2) is 11.7 Å². The number of hydrogen-bond donors (Lipinski definition) is 1. The molecular formula is C8H10O6. The van der Waals surface area contributed by atoms with Crippen molar-refractivity contribution < 1.29 is 29.0 Å². The topological polar surface area (TPSA) is 97.7 Å². The average Bonchev–Trinajstić information content (AvgIpc) is 2.03. The Morgan fingerprint density at radius 1 is 1.29 bits per heavy atom. The van der Waals surface area contributed by atoms with E-state index < -0.39 is 29.4 Å². The Balaban J connectivity index is 4.77. The molecule has 0 aliphatic carbocycles. The van der Waals surface area contributed by atoms with Gasteiger partial charge in [-0.25, -0.2) is 4.79 Å². The Hall–Kier alpha value is -1.72. The first kappa shape index (κ1) is 12.3. The number of ketones is 2. The van der Waals surface area contributed by atoms with E-state index in [0.717, 1.165) is 6.92 Å². The van der Waals surface area contributed by atoms with Crippen LogP contribution >= 0.6 is 0 Å². The van der Waals surface area contributed by atoms with Crippen LogP contribution in [0.25, 0.3) is 0 Å². The minimum atomic E-state index is -1.84. The van der Waals surface area contributed by atoms with Gasteiger partial charge < -0.3 is 9.84 Å². The lowest BCUT2D eigenvalue weighted by molar-refractivity contribution is -0.161. The van der Waals surface area contributed by atoms with Gasteiger partial charge in [0.25, 0.3) is 5.78 Å². The number of carboxylic acids is 1. The number of carbonyl (C=O) groups is 4. The van der Waals surface area contributed by atoms with Crippen LogP contribution < -0.4 is 0 Å². The number of carboxylic acid groups (broad SMARTS) is 1. The van der Waals surface area contributed by atoms with Crippen molar-refractivity contribution in [3.05, 3.63) is 0 Å². The lowest BCUT2D eigenvalue weighted by Gasteiger charge is -2.08. The maximum Gasteiger partial charge on any atom is 0.373 e. The number of esters is 1. The summed E-state index contributed by atoms with van der Waals surface area (Å²) < 4.78 is 4.39. The molecule has 0 rings (SSSR count). The van der Waals surface area contributed by atoms with Crippen molar-refractivity contribution in [1.82, 2.24) is 0 Å². The second-order valence-electron chi connectivity index (χ2n) is 2.47. The van der Waals surface area contributed by atoms with Crippen LogP contribution in [0.1, 0.15) is 13.8 Å². The van der Waals surface area contributed by atoms with Gasteiger partial charge in [0.1, 0.15) is 0 Å². The Bertz CT molecular complexity index is 280. The zero-order valence-corrected chi connectivity index (χ0v) is 7.77. The molecule has 14 heavy (non-hydrogen) atoms. The van der Waals surface area contributed by atoms with Crippen LogP contribution in [-0.2, 0) is 23.9 Å². The second-order valence-corrected chi connectivity index (χ2v) is 2.47. The third kappa shape index (κ3) is 2.96. The molecule has 6 nitrogen and oxygen atoms in total. The third-order valence-corrected chi connectivity index (χ3v) is 1.40. The Morgan fingerprint density at radius 3 is 2.07 bits per heavy atom. The smallest absolute Gasteiger partial charge is 0.373 e. The molecule has 1 N–H and O–H groups in total. The molecule has 78 valence electrons. The maximum atomic E-state index is 11.0. The molecule has 0 spiro atoms. The summed E-state index contributed by atoms with van der Waals surface area (Å²) in [5.41, 5.74) is 0. The summed E-state index contributed by atoms with van der Waals surface area (Å²) >= 11 is 0. The summed E-state index contributed by atoms with van der Waals surface area (Å²) in [6.45, 7) is 2.43. The van der Waals surface area contributed by atoms with Crippen molar-refractivity contribution in [1.29, 1.82) is 0 Å². The summed E-state index contributed by atoms with van der Waals surface area (Å²) in [5.74, 6) is -7.08. The summed E-state index contributed by atoms with van der Waals surface area (Å²) in [4.78, 5) is 42.9. The molecule has 0 bridgehead atoms. The van der Waals surface area contributed by atoms with Crippen LogP contribution in [0, 0.1) is 5.92 Å². The second kappa shape index (κ2) is 5.11. The van der Waals surface area contributed by atoms with Gasteiger partial charge in [-0.2, -0.15) is 0 Å². The Labute approximate surface area is 79.8 Å². The molecule has 0 saturated carbocycles. The van der Waals surface area contributed by atoms with Gasteiger partial charge >= 0.3 is 11.9 Å². The molecule has 0 fully saturated rings. The van der Waals surface area contributed by atoms with E-state index in [4.69, 9.17) is 5.11 Å². The van der Waals surface area contributed by atoms with Crippen LogP contribution in [0.2, 0.25) is 0 Å². The predicted octanol–water partition coefficient (Wildman–Crippen LogP) is -0.592. The van der Waals surface area contributed by atoms with E-state index in [1.54, 1.807) is 0 Å². The number of aliphatic carboxylic acids is 1. The molecule has 1 unspecified atom stereocenters. The normalized spacial score (nSPS) is 11.6. The van der Waals surface area contributed by atoms with Crippen molar-refractivity contribution in [2.24, 2.45) is 5.92 Å². The van der Waals surface area contributed by atoms with E-state index in [-0.39, 0.29) is 6.61 Å². The highest BCUT2D eigenvalue weighted by atomic mass is 16.5. The van der Waals surface area contributed by atoms with Gasteiger partial charge in [-0.05, 0) is 13.8 Å². The monoisotopic (exact) mass is 202 g/mol. The molecule has 0 aromatic carbocycles. The molecule has 0 radical (unpaired) electrons. The summed E-state index contributed by atoms with van der Waals surface area (Å²) in [6, 6.07) is 0. The van der Waals surface area contributed by atoms with Crippen molar-refractivity contribution in [2.45, 2.75) is 13.8 Å². The predicted molar refractivity (Wildman–Crippen MR) is 43.4 cm³/mol. The van der Waals surface area contributed by atoms with Gasteiger partial charge in [0.2, 0.25) is 0 Å². The van der Waals surface area contributed by atoms with Gasteiger partial charge in [-0.15, -0.1) is 0 Å². The highest BCUT2D eigenvalue weighted by Gasteiger charge is 2.36. The molecule has 0 saturated heterocycles. The number of ether oxygens (including phenoxy) is 1. The first-order chi connectivity index (χ1) is 6.41. The SMILES string of the molecule is CCOC(=O)C(C(C)=O)C(=O)C(=O)O. The lowest BCUT2D eigenvalue weighted by Crippen LogP contribution is -2.36. The van der Waals surface area contributed by atoms with Crippen LogP contribution in [-0.4, -0.2) is 35.2 Å². The minimum Gasteiger partial charge on any atom is -0.475 e. The number of hydrogen-bond acceptors (Lipinski definition) is 5. The Morgan fingerprint density at radius 2 is 1.79 bits per heavy atom. The summed E-state index contributed by atoms with van der Waals surface area (Å²) in [6.07, 6.45) is 0. The molecule has 0 aliphatic rings. The molecule has 1 atom stereocenters. The summed E-state index contributed by atoms with van der Waals surface area (Å²) in [7, 11) is 0. The van der Waals surface area contributed by atoms with Crippen molar-refractivity contribution in [3.63, 3.8) is 0 Å². The van der Waals surface area contributed by atoms with E-state index in [1.807, 2.05) is 0 Å². The van der Waals surface area contributed by atoms with Crippen molar-refractivity contribution in [3.8, 4) is 0 Å². The molecule has 6 heteroatoms. The van der Waals surface area contributed by atoms with Gasteiger partial charge in [0, 0.05) is 0 Å². The first-order valence-corrected chi connectivity index (χ1v) is 3.86. The minimum absolute atomic E-state index is 0.0183. The fourth-order valence-electron chi connectivity index (χ4n) is 0.807. The zero-order chi connectivity index (χ0) is 11.3. The van der Waals surface area contributed by atoms with Gasteiger partial charge in [-0.1, -0.05) is 0 Å². The van der Waals surface area contributed by atoms with Crippen LogP contribution in [0.4, 0.5) is 0 Å². The lowest BCUT2D eigenvalue weighted by atomic mass is 10.0. The highest BCUT2D eigenvalue weighted by molar-refractivity contribution is 6.42. The number of carbonyl (C=O) groups excluding carboxylic acids is 3. The van der Waals surface area contributed by atoms with Crippen LogP contribution in [0.15, 0.2) is 0 Å². The standard InChI is InChI=1S/C8H10O6/c1-3-14-8(13)5(4(2)9)6(10)7(11)12/h5H,3H2,1-2H3,(H,11,12). The molecular weight excluding hydrogens is 192 g/mol. The van der Waals surface area contributed by atoms with Gasteiger partial charge in [-0.3, -0.25) is 14.4 Å². The maximum absolute atomic E-state index is 11.0. The molecule has 0 aromatic rings. The zero-order valence-electron chi connectivity index (χ0n) is 7.77. The van der Waals surface area contributed by atoms with Crippen molar-refractivity contribution in [2.75, 3.05) is 6.61 Å². The largest absolute Gasteiger partial charge is 0.475 e. The molecule has 0 heterocycles. The third-order valence-electron chi connectivity index (χ3n) is 1.40. The van der Waals surface area contributed by atoms with E-state index in [0.29, 0.717) is 0 Å². The van der Waals surface area contributed by atoms with Crippen LogP contribution in [0.3, 0.4) is 0 Å². The summed E-state index contributed by atoms with van der Waals surface area (Å²) in [5, 5.41) is 8.31. The quantitative estimate of drug-likeness (QED) is 0.363. The van der Waals surface area contributed by atoms with E-state index in [1.165, 1.54) is 6.92 Å². The van der Waals surface area contributed by atoms with Crippen molar-refractivity contribution >= 4 is 23.5 Å². The van der Waals surface area contributed by atoms with E-state index in [9.17, 15) is 19.2 Å². The Kier molecular flexibility index (Phi) is 4.48. The highest BCUT2D eigenvalue weighted by Crippen LogP contribution is 2.04. The fourth-order valence-corrected chi connectivity index (χ4v) is 0.807.